The molecule has 45 heavy (non-hydrogen) atoms. The maximum Gasteiger partial charge on any atom is 0.410 e. The van der Waals surface area contributed by atoms with Crippen molar-refractivity contribution in [1.82, 2.24) is 30.2 Å². The van der Waals surface area contributed by atoms with E-state index in [1.807, 2.05) is 27.0 Å². The molecule has 1 saturated carbocycles. The van der Waals surface area contributed by atoms with Crippen molar-refractivity contribution in [2.24, 2.45) is 5.41 Å². The summed E-state index contributed by atoms with van der Waals surface area (Å²) < 4.78 is 5.55. The zero-order valence-corrected chi connectivity index (χ0v) is 27.4. The topological polar surface area (TPSA) is 98.9 Å². The largest absolute Gasteiger partial charge is 0.444 e. The van der Waals surface area contributed by atoms with Gasteiger partial charge in [0.1, 0.15) is 17.2 Å². The summed E-state index contributed by atoms with van der Waals surface area (Å²) in [4.78, 5) is 30.2. The number of hydrogen-bond donors (Lipinski definition) is 4. The zero-order valence-electron chi connectivity index (χ0n) is 26.5. The molecule has 5 aromatic rings. The second-order valence-corrected chi connectivity index (χ2v) is 13.8. The van der Waals surface area contributed by atoms with E-state index >= 15 is 0 Å². The molecule has 1 aliphatic rings. The SMILES string of the molecule is CC1(CNCc2ncc(-c3ccc4cc(-c5ccc(-c6cnc(CN(CCS)C(=O)OC(C)(C)C)[nH]6)cc5)ccc4c3)[nH]2)CC1. The van der Waals surface area contributed by atoms with Crippen LogP contribution in [0.15, 0.2) is 73.1 Å². The van der Waals surface area contributed by atoms with E-state index in [0.29, 0.717) is 30.1 Å². The van der Waals surface area contributed by atoms with E-state index in [2.05, 4.69) is 105 Å². The fraction of sp³-hybridized carbons (Fsp3) is 0.361. The van der Waals surface area contributed by atoms with Crippen molar-refractivity contribution in [1.29, 1.82) is 0 Å². The molecule has 1 fully saturated rings. The van der Waals surface area contributed by atoms with Crippen molar-refractivity contribution in [3.05, 3.63) is 84.7 Å². The third kappa shape index (κ3) is 7.78. The highest BCUT2D eigenvalue weighted by Crippen LogP contribution is 2.44. The van der Waals surface area contributed by atoms with Crippen LogP contribution < -0.4 is 5.32 Å². The predicted molar refractivity (Wildman–Crippen MR) is 184 cm³/mol. The maximum absolute atomic E-state index is 12.6. The molecule has 0 saturated heterocycles. The molecular formula is C36H42N6O2S. The lowest BCUT2D eigenvalue weighted by Gasteiger charge is -2.26. The number of benzene rings is 3. The fourth-order valence-corrected chi connectivity index (χ4v) is 5.60. The molecule has 3 N–H and O–H groups in total. The van der Waals surface area contributed by atoms with Crippen LogP contribution in [0, 0.1) is 5.41 Å². The Morgan fingerprint density at radius 1 is 0.889 bits per heavy atom. The van der Waals surface area contributed by atoms with Gasteiger partial charge in [-0.1, -0.05) is 55.5 Å². The lowest BCUT2D eigenvalue weighted by Crippen LogP contribution is -2.37. The standard InChI is InChI=1S/C36H42N6O2S/c1-35(2,3)44-34(43)42(15-16-45)22-33-39-19-30(41-33)25-7-5-24(6-8-25)26-9-10-28-18-29(12-11-27(28)17-26)31-20-38-32(40-31)21-37-23-36(4)13-14-36/h5-12,17-20,37,45H,13-16,21-23H2,1-4H3,(H,38,40)(H,39,41). The second-order valence-electron chi connectivity index (χ2n) is 13.4. The Balaban J connectivity index is 1.11. The van der Waals surface area contributed by atoms with Gasteiger partial charge in [-0.15, -0.1) is 0 Å². The number of H-pyrrole nitrogens is 2. The number of ether oxygens (including phenoxy) is 1. The second kappa shape index (κ2) is 12.7. The van der Waals surface area contributed by atoms with Crippen LogP contribution in [0.25, 0.3) is 44.4 Å². The highest BCUT2D eigenvalue weighted by atomic mass is 32.1. The summed E-state index contributed by atoms with van der Waals surface area (Å²) in [7, 11) is 0. The first-order valence-corrected chi connectivity index (χ1v) is 16.2. The molecule has 9 heteroatoms. The van der Waals surface area contributed by atoms with E-state index in [-0.39, 0.29) is 6.09 Å². The van der Waals surface area contributed by atoms with Crippen LogP contribution in [-0.4, -0.2) is 55.4 Å². The van der Waals surface area contributed by atoms with Gasteiger partial charge in [0.05, 0.1) is 36.9 Å². The van der Waals surface area contributed by atoms with Crippen LogP contribution in [-0.2, 0) is 17.8 Å². The Hall–Kier alpha value is -4.08. The first-order valence-electron chi connectivity index (χ1n) is 15.6. The fourth-order valence-electron chi connectivity index (χ4n) is 5.36. The van der Waals surface area contributed by atoms with Crippen LogP contribution in [0.1, 0.15) is 52.2 Å². The highest BCUT2D eigenvalue weighted by Gasteiger charge is 2.36. The molecule has 2 heterocycles. The smallest absolute Gasteiger partial charge is 0.410 e. The minimum atomic E-state index is -0.564. The molecule has 0 unspecified atom stereocenters. The number of aromatic amines is 2. The van der Waals surface area contributed by atoms with Gasteiger partial charge in [-0.2, -0.15) is 12.6 Å². The Morgan fingerprint density at radius 3 is 2.13 bits per heavy atom. The summed E-state index contributed by atoms with van der Waals surface area (Å²) in [6, 6.07) is 21.6. The molecule has 1 aliphatic carbocycles. The van der Waals surface area contributed by atoms with E-state index in [1.165, 1.54) is 23.6 Å². The number of nitrogens with zero attached hydrogens (tertiary/aromatic N) is 3. The molecular weight excluding hydrogens is 581 g/mol. The van der Waals surface area contributed by atoms with E-state index in [1.54, 1.807) is 11.1 Å². The van der Waals surface area contributed by atoms with Gasteiger partial charge >= 0.3 is 6.09 Å². The Bertz CT molecular complexity index is 1780. The quantitative estimate of drug-likeness (QED) is 0.113. The molecule has 0 bridgehead atoms. The molecule has 1 amide bonds. The number of carbonyl (C=O) groups excluding carboxylic acids is 1. The number of hydrogen-bond acceptors (Lipinski definition) is 6. The Kier molecular flexibility index (Phi) is 8.75. The minimum absolute atomic E-state index is 0.324. The monoisotopic (exact) mass is 622 g/mol. The molecule has 8 nitrogen and oxygen atoms in total. The van der Waals surface area contributed by atoms with Crippen LogP contribution in [0.2, 0.25) is 0 Å². The normalized spacial score (nSPS) is 14.1. The molecule has 2 aromatic heterocycles. The molecule has 0 radical (unpaired) electrons. The van der Waals surface area contributed by atoms with E-state index in [9.17, 15) is 4.79 Å². The number of rotatable bonds is 11. The zero-order chi connectivity index (χ0) is 31.6. The molecule has 0 atom stereocenters. The minimum Gasteiger partial charge on any atom is -0.444 e. The van der Waals surface area contributed by atoms with Crippen LogP contribution in [0.5, 0.6) is 0 Å². The van der Waals surface area contributed by atoms with Gasteiger partial charge < -0.3 is 20.0 Å². The van der Waals surface area contributed by atoms with E-state index in [0.717, 1.165) is 52.6 Å². The third-order valence-electron chi connectivity index (χ3n) is 8.25. The van der Waals surface area contributed by atoms with Gasteiger partial charge in [-0.05, 0) is 78.6 Å². The Morgan fingerprint density at radius 2 is 1.47 bits per heavy atom. The van der Waals surface area contributed by atoms with Crippen molar-refractivity contribution >= 4 is 29.5 Å². The van der Waals surface area contributed by atoms with Crippen molar-refractivity contribution in [2.75, 3.05) is 18.8 Å². The van der Waals surface area contributed by atoms with E-state index < -0.39 is 5.60 Å². The van der Waals surface area contributed by atoms with Gasteiger partial charge in [0.2, 0.25) is 0 Å². The number of amides is 1. The molecule has 0 aliphatic heterocycles. The van der Waals surface area contributed by atoms with Crippen LogP contribution in [0.3, 0.4) is 0 Å². The van der Waals surface area contributed by atoms with Gasteiger partial charge in [0, 0.05) is 24.4 Å². The number of fused-ring (bicyclic) bond motifs is 1. The first kappa shape index (κ1) is 30.9. The van der Waals surface area contributed by atoms with Crippen molar-refractivity contribution in [2.45, 2.75) is 59.2 Å². The average molecular weight is 623 g/mol. The molecule has 234 valence electrons. The average Bonchev–Trinajstić information content (AvgIpc) is 3.36. The lowest BCUT2D eigenvalue weighted by atomic mass is 9.98. The summed E-state index contributed by atoms with van der Waals surface area (Å²) in [6.45, 7) is 10.5. The molecule has 6 rings (SSSR count). The van der Waals surface area contributed by atoms with Gasteiger partial charge in [-0.3, -0.25) is 4.90 Å². The lowest BCUT2D eigenvalue weighted by molar-refractivity contribution is 0.0242. The summed E-state index contributed by atoms with van der Waals surface area (Å²) in [5.74, 6) is 2.20. The highest BCUT2D eigenvalue weighted by molar-refractivity contribution is 7.80. The summed E-state index contributed by atoms with van der Waals surface area (Å²) in [5, 5.41) is 5.91. The number of imidazole rings is 2. The number of carbonyl (C=O) groups is 1. The van der Waals surface area contributed by atoms with Crippen molar-refractivity contribution in [3.8, 4) is 33.6 Å². The first-order chi connectivity index (χ1) is 21.6. The molecule has 0 spiro atoms. The Labute approximate surface area is 270 Å². The number of thiol groups is 1. The number of aromatic nitrogens is 4. The summed E-state index contributed by atoms with van der Waals surface area (Å²) in [6.07, 6.45) is 5.99. The summed E-state index contributed by atoms with van der Waals surface area (Å²) in [5.41, 5.74) is 6.30. The maximum atomic E-state index is 12.6. The molecule has 3 aromatic carbocycles. The van der Waals surface area contributed by atoms with Crippen LogP contribution >= 0.6 is 12.6 Å². The predicted octanol–water partition coefficient (Wildman–Crippen LogP) is 7.84. The van der Waals surface area contributed by atoms with Crippen molar-refractivity contribution < 1.29 is 9.53 Å². The summed E-state index contributed by atoms with van der Waals surface area (Å²) >= 11 is 4.31. The van der Waals surface area contributed by atoms with Gasteiger partial charge in [-0.25, -0.2) is 14.8 Å². The van der Waals surface area contributed by atoms with Gasteiger partial charge in [0.15, 0.2) is 0 Å². The number of nitrogens with one attached hydrogen (secondary N) is 3. The van der Waals surface area contributed by atoms with E-state index in [4.69, 9.17) is 4.74 Å². The third-order valence-corrected chi connectivity index (χ3v) is 8.45. The van der Waals surface area contributed by atoms with Crippen molar-refractivity contribution in [3.63, 3.8) is 0 Å². The van der Waals surface area contributed by atoms with Gasteiger partial charge in [0.25, 0.3) is 0 Å². The van der Waals surface area contributed by atoms with Crippen LogP contribution in [0.4, 0.5) is 4.79 Å².